The van der Waals surface area contributed by atoms with Crippen LogP contribution >= 0.6 is 11.3 Å². The molecule has 0 aliphatic heterocycles. The molecule has 0 spiro atoms. The fourth-order valence-corrected chi connectivity index (χ4v) is 5.31. The van der Waals surface area contributed by atoms with Crippen molar-refractivity contribution < 1.29 is 9.53 Å². The molecule has 0 unspecified atom stereocenters. The second-order valence-electron chi connectivity index (χ2n) is 7.61. The molecule has 0 amide bonds. The number of benzene rings is 2. The van der Waals surface area contributed by atoms with Gasteiger partial charge in [-0.25, -0.2) is 14.8 Å². The van der Waals surface area contributed by atoms with Gasteiger partial charge in [0.2, 0.25) is 0 Å². The SMILES string of the molecule is CCOC(=O)c1ccc(Nc2nc(Cc3ccccc3)nc3sc4c(c23)CCC4)cc1. The molecule has 2 heterocycles. The second kappa shape index (κ2) is 8.47. The van der Waals surface area contributed by atoms with E-state index in [1.807, 2.05) is 30.3 Å². The Morgan fingerprint density at radius 3 is 2.65 bits per heavy atom. The number of nitrogens with zero attached hydrogens (tertiary/aromatic N) is 2. The van der Waals surface area contributed by atoms with E-state index in [2.05, 4.69) is 17.4 Å². The minimum absolute atomic E-state index is 0.306. The first-order valence-electron chi connectivity index (χ1n) is 10.6. The summed E-state index contributed by atoms with van der Waals surface area (Å²) in [7, 11) is 0. The van der Waals surface area contributed by atoms with Crippen LogP contribution in [0.25, 0.3) is 10.2 Å². The number of hydrogen-bond acceptors (Lipinski definition) is 6. The van der Waals surface area contributed by atoms with Crippen LogP contribution in [0.3, 0.4) is 0 Å². The highest BCUT2D eigenvalue weighted by Crippen LogP contribution is 2.40. The van der Waals surface area contributed by atoms with E-state index in [1.165, 1.54) is 22.4 Å². The molecule has 0 bridgehead atoms. The van der Waals surface area contributed by atoms with Crippen LogP contribution in [0.15, 0.2) is 54.6 Å². The maximum absolute atomic E-state index is 11.9. The third-order valence-corrected chi connectivity index (χ3v) is 6.66. The normalized spacial score (nSPS) is 12.7. The van der Waals surface area contributed by atoms with E-state index in [1.54, 1.807) is 30.4 Å². The first-order chi connectivity index (χ1) is 15.2. The molecule has 4 aromatic rings. The lowest BCUT2D eigenvalue weighted by Crippen LogP contribution is -2.05. The molecule has 5 rings (SSSR count). The third kappa shape index (κ3) is 4.03. The number of nitrogens with one attached hydrogen (secondary N) is 1. The lowest BCUT2D eigenvalue weighted by molar-refractivity contribution is 0.0526. The summed E-state index contributed by atoms with van der Waals surface area (Å²) in [5, 5.41) is 4.63. The molecule has 0 saturated heterocycles. The summed E-state index contributed by atoms with van der Waals surface area (Å²) in [6, 6.07) is 17.6. The lowest BCUT2D eigenvalue weighted by Gasteiger charge is -2.11. The van der Waals surface area contributed by atoms with Crippen molar-refractivity contribution in [2.24, 2.45) is 0 Å². The van der Waals surface area contributed by atoms with Gasteiger partial charge in [0.1, 0.15) is 16.5 Å². The average molecular weight is 430 g/mol. The monoisotopic (exact) mass is 429 g/mol. The van der Waals surface area contributed by atoms with Crippen LogP contribution in [0.2, 0.25) is 0 Å². The van der Waals surface area contributed by atoms with Crippen LogP contribution < -0.4 is 5.32 Å². The second-order valence-corrected chi connectivity index (χ2v) is 8.69. The van der Waals surface area contributed by atoms with Crippen molar-refractivity contribution in [3.63, 3.8) is 0 Å². The molecule has 156 valence electrons. The largest absolute Gasteiger partial charge is 0.462 e. The number of anilines is 2. The molecule has 2 aromatic carbocycles. The van der Waals surface area contributed by atoms with E-state index in [4.69, 9.17) is 14.7 Å². The first-order valence-corrected chi connectivity index (χ1v) is 11.4. The molecular weight excluding hydrogens is 406 g/mol. The van der Waals surface area contributed by atoms with E-state index in [0.717, 1.165) is 40.4 Å². The van der Waals surface area contributed by atoms with Crippen LogP contribution in [0, 0.1) is 0 Å². The molecule has 2 aromatic heterocycles. The first kappa shape index (κ1) is 19.7. The number of aromatic nitrogens is 2. The van der Waals surface area contributed by atoms with E-state index in [-0.39, 0.29) is 5.97 Å². The van der Waals surface area contributed by atoms with Gasteiger partial charge in [0.15, 0.2) is 0 Å². The smallest absolute Gasteiger partial charge is 0.338 e. The summed E-state index contributed by atoms with van der Waals surface area (Å²) in [4.78, 5) is 24.2. The summed E-state index contributed by atoms with van der Waals surface area (Å²) in [5.41, 5.74) is 4.01. The number of hydrogen-bond donors (Lipinski definition) is 1. The van der Waals surface area contributed by atoms with Crippen molar-refractivity contribution in [1.29, 1.82) is 0 Å². The number of carbonyl (C=O) groups excluding carboxylic acids is 1. The number of ether oxygens (including phenoxy) is 1. The van der Waals surface area contributed by atoms with Crippen molar-refractivity contribution in [1.82, 2.24) is 9.97 Å². The Labute approximate surface area is 185 Å². The third-order valence-electron chi connectivity index (χ3n) is 5.47. The summed E-state index contributed by atoms with van der Waals surface area (Å²) in [6.45, 7) is 2.17. The fraction of sp³-hybridized carbons (Fsp3) is 0.240. The molecule has 1 aliphatic carbocycles. The summed E-state index contributed by atoms with van der Waals surface area (Å²) < 4.78 is 5.08. The summed E-state index contributed by atoms with van der Waals surface area (Å²) in [5.74, 6) is 1.35. The molecule has 6 heteroatoms. The van der Waals surface area contributed by atoms with Crippen molar-refractivity contribution in [2.75, 3.05) is 11.9 Å². The van der Waals surface area contributed by atoms with Gasteiger partial charge in [-0.3, -0.25) is 0 Å². The minimum Gasteiger partial charge on any atom is -0.462 e. The number of rotatable bonds is 6. The standard InChI is InChI=1S/C25H23N3O2S/c1-2-30-25(29)17-11-13-18(14-12-17)26-23-22-19-9-6-10-20(19)31-24(22)28-21(27-23)15-16-7-4-3-5-8-16/h3-5,7-8,11-14H,2,6,9-10,15H2,1H3,(H,26,27,28). The van der Waals surface area contributed by atoms with E-state index in [9.17, 15) is 4.79 Å². The Kier molecular flexibility index (Phi) is 5.38. The number of thiophene rings is 1. The summed E-state index contributed by atoms with van der Waals surface area (Å²) >= 11 is 1.80. The molecule has 31 heavy (non-hydrogen) atoms. The van der Waals surface area contributed by atoms with E-state index in [0.29, 0.717) is 18.6 Å². The van der Waals surface area contributed by atoms with Gasteiger partial charge in [0, 0.05) is 17.0 Å². The number of esters is 1. The molecular formula is C25H23N3O2S. The molecule has 0 fully saturated rings. The highest BCUT2D eigenvalue weighted by molar-refractivity contribution is 7.19. The van der Waals surface area contributed by atoms with Gasteiger partial charge in [-0.05, 0) is 61.6 Å². The lowest BCUT2D eigenvalue weighted by atomic mass is 10.1. The summed E-state index contributed by atoms with van der Waals surface area (Å²) in [6.07, 6.45) is 4.08. The zero-order chi connectivity index (χ0) is 21.2. The average Bonchev–Trinajstić information content (AvgIpc) is 3.36. The molecule has 1 N–H and O–H groups in total. The Bertz CT molecular complexity index is 1230. The quantitative estimate of drug-likeness (QED) is 0.399. The van der Waals surface area contributed by atoms with E-state index < -0.39 is 0 Å². The van der Waals surface area contributed by atoms with Gasteiger partial charge in [0.25, 0.3) is 0 Å². The highest BCUT2D eigenvalue weighted by atomic mass is 32.1. The molecule has 1 aliphatic rings. The predicted octanol–water partition coefficient (Wildman–Crippen LogP) is 5.69. The van der Waals surface area contributed by atoms with Gasteiger partial charge in [0.05, 0.1) is 17.6 Å². The van der Waals surface area contributed by atoms with Crippen molar-refractivity contribution in [3.05, 3.63) is 82.0 Å². The topological polar surface area (TPSA) is 64.1 Å². The van der Waals surface area contributed by atoms with Crippen molar-refractivity contribution in [3.8, 4) is 0 Å². The zero-order valence-corrected chi connectivity index (χ0v) is 18.2. The van der Waals surface area contributed by atoms with Crippen LogP contribution in [0.1, 0.15) is 45.5 Å². The van der Waals surface area contributed by atoms with Gasteiger partial charge in [-0.1, -0.05) is 30.3 Å². The predicted molar refractivity (Wildman–Crippen MR) is 124 cm³/mol. The van der Waals surface area contributed by atoms with Gasteiger partial charge in [-0.15, -0.1) is 11.3 Å². The maximum Gasteiger partial charge on any atom is 0.338 e. The van der Waals surface area contributed by atoms with Crippen LogP contribution in [0.5, 0.6) is 0 Å². The Morgan fingerprint density at radius 1 is 1.06 bits per heavy atom. The molecule has 5 nitrogen and oxygen atoms in total. The van der Waals surface area contributed by atoms with Crippen LogP contribution in [-0.4, -0.2) is 22.5 Å². The van der Waals surface area contributed by atoms with Crippen molar-refractivity contribution in [2.45, 2.75) is 32.6 Å². The molecule has 0 saturated carbocycles. The Hall–Kier alpha value is -3.25. The molecule has 0 radical (unpaired) electrons. The van der Waals surface area contributed by atoms with Gasteiger partial charge < -0.3 is 10.1 Å². The van der Waals surface area contributed by atoms with Crippen LogP contribution in [0.4, 0.5) is 11.5 Å². The Balaban J connectivity index is 1.51. The van der Waals surface area contributed by atoms with Gasteiger partial charge >= 0.3 is 5.97 Å². The van der Waals surface area contributed by atoms with Crippen molar-refractivity contribution >= 4 is 39.0 Å². The number of fused-ring (bicyclic) bond motifs is 3. The number of carbonyl (C=O) groups is 1. The van der Waals surface area contributed by atoms with Crippen LogP contribution in [-0.2, 0) is 24.0 Å². The molecule has 0 atom stereocenters. The minimum atomic E-state index is -0.306. The zero-order valence-electron chi connectivity index (χ0n) is 17.4. The Morgan fingerprint density at radius 2 is 1.87 bits per heavy atom. The number of aryl methyl sites for hydroxylation is 2. The van der Waals surface area contributed by atoms with E-state index >= 15 is 0 Å². The fourth-order valence-electron chi connectivity index (χ4n) is 4.03. The van der Waals surface area contributed by atoms with Gasteiger partial charge in [-0.2, -0.15) is 0 Å². The highest BCUT2D eigenvalue weighted by Gasteiger charge is 2.22. The maximum atomic E-state index is 11.9.